The van der Waals surface area contributed by atoms with Gasteiger partial charge in [0.15, 0.2) is 0 Å². The van der Waals surface area contributed by atoms with Crippen LogP contribution in [-0.4, -0.2) is 40.1 Å². The normalized spacial score (nSPS) is 17.1. The highest BCUT2D eigenvalue weighted by molar-refractivity contribution is 7.09. The minimum Gasteiger partial charge on any atom is -0.470 e. The van der Waals surface area contributed by atoms with Crippen molar-refractivity contribution in [3.8, 4) is 11.9 Å². The van der Waals surface area contributed by atoms with Crippen LogP contribution in [0.3, 0.4) is 0 Å². The fourth-order valence-electron chi connectivity index (χ4n) is 2.55. The molecular formula is C16H17N5O2S. The van der Waals surface area contributed by atoms with Crippen LogP contribution in [0.2, 0.25) is 0 Å². The van der Waals surface area contributed by atoms with Crippen LogP contribution in [0.5, 0.6) is 5.88 Å². The number of piperidine rings is 1. The lowest BCUT2D eigenvalue weighted by molar-refractivity contribution is 0.0971. The van der Waals surface area contributed by atoms with Crippen molar-refractivity contribution in [3.63, 3.8) is 0 Å². The topological polar surface area (TPSA) is 91.1 Å². The van der Waals surface area contributed by atoms with Crippen LogP contribution in [0.1, 0.15) is 23.4 Å². The number of nitrogens with one attached hydrogen (secondary N) is 1. The highest BCUT2D eigenvalue weighted by Crippen LogP contribution is 2.18. The molecule has 0 aromatic carbocycles. The summed E-state index contributed by atoms with van der Waals surface area (Å²) in [4.78, 5) is 23.1. The maximum absolute atomic E-state index is 12.3. The fraction of sp³-hybridized carbons (Fsp3) is 0.375. The number of amides is 2. The molecule has 1 N–H and O–H groups in total. The average Bonchev–Trinajstić information content (AvgIpc) is 3.14. The molecule has 0 saturated carbocycles. The van der Waals surface area contributed by atoms with E-state index >= 15 is 0 Å². The van der Waals surface area contributed by atoms with E-state index in [0.29, 0.717) is 19.6 Å². The van der Waals surface area contributed by atoms with Crippen molar-refractivity contribution in [2.75, 3.05) is 13.1 Å². The van der Waals surface area contributed by atoms with Crippen LogP contribution in [-0.2, 0) is 6.54 Å². The van der Waals surface area contributed by atoms with E-state index in [0.717, 1.165) is 17.7 Å². The monoisotopic (exact) mass is 343 g/mol. The molecule has 1 aliphatic heterocycles. The predicted molar refractivity (Wildman–Crippen MR) is 88.5 cm³/mol. The molecule has 3 rings (SSSR count). The lowest BCUT2D eigenvalue weighted by Gasteiger charge is -2.32. The zero-order chi connectivity index (χ0) is 16.8. The Balaban J connectivity index is 1.56. The number of urea groups is 1. The van der Waals surface area contributed by atoms with E-state index in [2.05, 4.69) is 15.3 Å². The second kappa shape index (κ2) is 7.75. The van der Waals surface area contributed by atoms with Gasteiger partial charge in [0.1, 0.15) is 12.2 Å². The van der Waals surface area contributed by atoms with Crippen molar-refractivity contribution in [3.05, 3.63) is 40.5 Å². The number of hydrogen-bond donors (Lipinski definition) is 1. The molecule has 2 aromatic rings. The summed E-state index contributed by atoms with van der Waals surface area (Å²) in [6.45, 7) is 1.70. The van der Waals surface area contributed by atoms with Crippen LogP contribution in [0.4, 0.5) is 4.79 Å². The van der Waals surface area contributed by atoms with E-state index in [4.69, 9.17) is 10.00 Å². The van der Waals surface area contributed by atoms with E-state index in [9.17, 15) is 4.79 Å². The second-order valence-electron chi connectivity index (χ2n) is 5.39. The first-order valence-corrected chi connectivity index (χ1v) is 8.57. The highest BCUT2D eigenvalue weighted by Gasteiger charge is 2.26. The summed E-state index contributed by atoms with van der Waals surface area (Å²) in [5.74, 6) is 0.228. The lowest BCUT2D eigenvalue weighted by atomic mass is 10.1. The Hall–Kier alpha value is -2.66. The molecule has 8 heteroatoms. The number of nitriles is 1. The van der Waals surface area contributed by atoms with Crippen LogP contribution in [0.15, 0.2) is 29.9 Å². The van der Waals surface area contributed by atoms with Gasteiger partial charge in [-0.3, -0.25) is 0 Å². The summed E-state index contributed by atoms with van der Waals surface area (Å²) < 4.78 is 5.79. The quantitative estimate of drug-likeness (QED) is 0.918. The Morgan fingerprint density at radius 2 is 2.38 bits per heavy atom. The molecule has 124 valence electrons. The highest BCUT2D eigenvalue weighted by atomic mass is 32.1. The molecule has 24 heavy (non-hydrogen) atoms. The molecule has 0 aliphatic carbocycles. The Bertz CT molecular complexity index is 728. The molecule has 2 aromatic heterocycles. The SMILES string of the molecule is N#Cc1nccnc1O[C@@H]1CCCN(C(=O)NCc2cccs2)C1. The minimum atomic E-state index is -0.185. The Labute approximate surface area is 143 Å². The number of carbonyl (C=O) groups is 1. The standard InChI is InChI=1S/C16H17N5O2S/c17-9-14-15(19-6-5-18-14)23-12-3-1-7-21(11-12)16(22)20-10-13-4-2-8-24-13/h2,4-6,8,12H,1,3,7,10-11H2,(H,20,22)/t12-/m1/s1. The summed E-state index contributed by atoms with van der Waals surface area (Å²) in [5.41, 5.74) is 0.164. The van der Waals surface area contributed by atoms with Gasteiger partial charge in [0.2, 0.25) is 5.69 Å². The van der Waals surface area contributed by atoms with Crippen LogP contribution < -0.4 is 10.1 Å². The van der Waals surface area contributed by atoms with E-state index in [1.807, 2.05) is 23.6 Å². The van der Waals surface area contributed by atoms with Crippen molar-refractivity contribution in [2.24, 2.45) is 0 Å². The Kier molecular flexibility index (Phi) is 5.23. The molecule has 1 aliphatic rings. The van der Waals surface area contributed by atoms with Gasteiger partial charge in [-0.05, 0) is 24.3 Å². The van der Waals surface area contributed by atoms with Gasteiger partial charge in [-0.15, -0.1) is 11.3 Å². The molecule has 0 spiro atoms. The number of hydrogen-bond acceptors (Lipinski definition) is 6. The molecule has 1 atom stereocenters. The lowest BCUT2D eigenvalue weighted by Crippen LogP contribution is -2.48. The van der Waals surface area contributed by atoms with Crippen molar-refractivity contribution in [2.45, 2.75) is 25.5 Å². The van der Waals surface area contributed by atoms with Crippen LogP contribution in [0.25, 0.3) is 0 Å². The largest absolute Gasteiger partial charge is 0.470 e. The smallest absolute Gasteiger partial charge is 0.317 e. The van der Waals surface area contributed by atoms with Gasteiger partial charge < -0.3 is 15.0 Å². The van der Waals surface area contributed by atoms with Crippen LogP contribution in [0, 0.1) is 11.3 Å². The third-order valence-electron chi connectivity index (χ3n) is 3.71. The molecule has 3 heterocycles. The first kappa shape index (κ1) is 16.2. The summed E-state index contributed by atoms with van der Waals surface area (Å²) in [5, 5.41) is 14.0. The third kappa shape index (κ3) is 4.00. The molecule has 0 radical (unpaired) electrons. The zero-order valence-electron chi connectivity index (χ0n) is 13.0. The molecule has 2 amide bonds. The number of likely N-dealkylation sites (tertiary alicyclic amines) is 1. The van der Waals surface area contributed by atoms with Gasteiger partial charge in [-0.1, -0.05) is 6.07 Å². The second-order valence-corrected chi connectivity index (χ2v) is 6.42. The van der Waals surface area contributed by atoms with Gasteiger partial charge in [-0.2, -0.15) is 5.26 Å². The number of nitrogens with zero attached hydrogens (tertiary/aromatic N) is 4. The molecule has 1 fully saturated rings. The number of ether oxygens (including phenoxy) is 1. The molecular weight excluding hydrogens is 326 g/mol. The number of aromatic nitrogens is 2. The maximum Gasteiger partial charge on any atom is 0.317 e. The third-order valence-corrected chi connectivity index (χ3v) is 4.58. The number of carbonyl (C=O) groups excluding carboxylic acids is 1. The molecule has 0 unspecified atom stereocenters. The van der Waals surface area contributed by atoms with E-state index in [1.165, 1.54) is 12.4 Å². The zero-order valence-corrected chi connectivity index (χ0v) is 13.8. The van der Waals surface area contributed by atoms with E-state index in [-0.39, 0.29) is 23.7 Å². The molecule has 1 saturated heterocycles. The minimum absolute atomic E-state index is 0.101. The average molecular weight is 343 g/mol. The number of thiophene rings is 1. The van der Waals surface area contributed by atoms with Crippen molar-refractivity contribution < 1.29 is 9.53 Å². The summed E-state index contributed by atoms with van der Waals surface area (Å²) in [6, 6.07) is 5.82. The summed E-state index contributed by atoms with van der Waals surface area (Å²) in [6.07, 6.45) is 4.42. The van der Waals surface area contributed by atoms with Crippen molar-refractivity contribution in [1.82, 2.24) is 20.2 Å². The Morgan fingerprint density at radius 3 is 3.17 bits per heavy atom. The van der Waals surface area contributed by atoms with Gasteiger partial charge >= 0.3 is 6.03 Å². The summed E-state index contributed by atoms with van der Waals surface area (Å²) >= 11 is 1.61. The van der Waals surface area contributed by atoms with Crippen LogP contribution >= 0.6 is 11.3 Å². The van der Waals surface area contributed by atoms with Crippen molar-refractivity contribution >= 4 is 17.4 Å². The van der Waals surface area contributed by atoms with Gasteiger partial charge in [0, 0.05) is 23.8 Å². The molecule has 7 nitrogen and oxygen atoms in total. The van der Waals surface area contributed by atoms with Crippen molar-refractivity contribution in [1.29, 1.82) is 5.26 Å². The van der Waals surface area contributed by atoms with E-state index in [1.54, 1.807) is 16.2 Å². The summed E-state index contributed by atoms with van der Waals surface area (Å²) in [7, 11) is 0. The van der Waals surface area contributed by atoms with Gasteiger partial charge in [0.25, 0.3) is 5.88 Å². The fourth-order valence-corrected chi connectivity index (χ4v) is 3.20. The van der Waals surface area contributed by atoms with Gasteiger partial charge in [-0.25, -0.2) is 14.8 Å². The number of rotatable bonds is 4. The first-order chi connectivity index (χ1) is 11.8. The molecule has 0 bridgehead atoms. The van der Waals surface area contributed by atoms with E-state index < -0.39 is 0 Å². The maximum atomic E-state index is 12.3. The van der Waals surface area contributed by atoms with Gasteiger partial charge in [0.05, 0.1) is 13.1 Å². The predicted octanol–water partition coefficient (Wildman–Crippen LogP) is 2.16. The first-order valence-electron chi connectivity index (χ1n) is 7.69. The Morgan fingerprint density at radius 1 is 1.50 bits per heavy atom.